The Kier molecular flexibility index (Phi) is 2.45. The Morgan fingerprint density at radius 2 is 2.44 bits per heavy atom. The average Bonchev–Trinajstić information content (AvgIpc) is 2.50. The molecule has 54 valence electrons. The predicted molar refractivity (Wildman–Crippen MR) is 35.8 cm³/mol. The van der Waals surface area contributed by atoms with Crippen LogP contribution >= 0.6 is 0 Å². The van der Waals surface area contributed by atoms with Crippen molar-refractivity contribution >= 4 is 0 Å². The van der Waals surface area contributed by atoms with Crippen molar-refractivity contribution in [2.75, 3.05) is 19.7 Å². The summed E-state index contributed by atoms with van der Waals surface area (Å²) in [6.45, 7) is 4.89. The highest BCUT2D eigenvalue weighted by Gasteiger charge is 2.23. The molecule has 1 saturated heterocycles. The fraction of sp³-hybridized carbons (Fsp3) is 1.00. The summed E-state index contributed by atoms with van der Waals surface area (Å²) >= 11 is 0. The summed E-state index contributed by atoms with van der Waals surface area (Å²) < 4.78 is 5.00. The number of hydrogen-bond donors (Lipinski definition) is 1. The number of hydrazine groups is 1. The van der Waals surface area contributed by atoms with E-state index in [1.54, 1.807) is 0 Å². The predicted octanol–water partition coefficient (Wildman–Crippen LogP) is -0.0291. The maximum atomic E-state index is 5.58. The second kappa shape index (κ2) is 3.15. The van der Waals surface area contributed by atoms with E-state index in [2.05, 4.69) is 6.92 Å². The van der Waals surface area contributed by atoms with Crippen LogP contribution in [0.1, 0.15) is 13.3 Å². The SMILES string of the molecule is CCCN(N)CC1CO1. The molecule has 1 rings (SSSR count). The first-order valence-corrected chi connectivity index (χ1v) is 3.44. The molecule has 0 bridgehead atoms. The number of nitrogens with zero attached hydrogens (tertiary/aromatic N) is 1. The van der Waals surface area contributed by atoms with Crippen LogP contribution in [0.5, 0.6) is 0 Å². The molecule has 1 atom stereocenters. The summed E-state index contributed by atoms with van der Waals surface area (Å²) in [7, 11) is 0. The number of epoxide rings is 1. The molecule has 1 heterocycles. The van der Waals surface area contributed by atoms with Crippen LogP contribution in [0.4, 0.5) is 0 Å². The smallest absolute Gasteiger partial charge is 0.0950 e. The van der Waals surface area contributed by atoms with Crippen molar-refractivity contribution in [1.29, 1.82) is 0 Å². The minimum absolute atomic E-state index is 0.432. The minimum Gasteiger partial charge on any atom is -0.372 e. The molecular weight excluding hydrogens is 116 g/mol. The molecular formula is C6H14N2O. The summed E-state index contributed by atoms with van der Waals surface area (Å²) in [5.41, 5.74) is 0. The molecule has 0 saturated carbocycles. The van der Waals surface area contributed by atoms with Crippen molar-refractivity contribution < 1.29 is 4.74 Å². The van der Waals surface area contributed by atoms with E-state index in [1.165, 1.54) is 0 Å². The fourth-order valence-corrected chi connectivity index (χ4v) is 0.814. The average molecular weight is 130 g/mol. The van der Waals surface area contributed by atoms with Gasteiger partial charge in [0.25, 0.3) is 0 Å². The summed E-state index contributed by atoms with van der Waals surface area (Å²) in [4.78, 5) is 0. The van der Waals surface area contributed by atoms with Gasteiger partial charge in [-0.3, -0.25) is 5.84 Å². The minimum atomic E-state index is 0.432. The normalized spacial score (nSPS) is 25.0. The molecule has 0 spiro atoms. The summed E-state index contributed by atoms with van der Waals surface area (Å²) in [6, 6.07) is 0. The number of ether oxygens (including phenoxy) is 1. The van der Waals surface area contributed by atoms with Crippen LogP contribution in [-0.2, 0) is 4.74 Å². The maximum Gasteiger partial charge on any atom is 0.0950 e. The molecule has 3 nitrogen and oxygen atoms in total. The Hall–Kier alpha value is -0.120. The van der Waals surface area contributed by atoms with E-state index in [0.29, 0.717) is 6.10 Å². The highest BCUT2D eigenvalue weighted by Crippen LogP contribution is 2.08. The van der Waals surface area contributed by atoms with Crippen molar-refractivity contribution in [3.63, 3.8) is 0 Å². The van der Waals surface area contributed by atoms with E-state index in [4.69, 9.17) is 10.6 Å². The van der Waals surface area contributed by atoms with Gasteiger partial charge in [0.05, 0.1) is 12.7 Å². The first-order chi connectivity index (χ1) is 4.33. The van der Waals surface area contributed by atoms with Crippen LogP contribution < -0.4 is 5.84 Å². The van der Waals surface area contributed by atoms with Crippen LogP contribution in [-0.4, -0.2) is 30.8 Å². The van der Waals surface area contributed by atoms with Crippen LogP contribution in [0.2, 0.25) is 0 Å². The van der Waals surface area contributed by atoms with Crippen molar-refractivity contribution in [2.24, 2.45) is 5.84 Å². The van der Waals surface area contributed by atoms with E-state index in [-0.39, 0.29) is 0 Å². The Labute approximate surface area is 55.7 Å². The van der Waals surface area contributed by atoms with Crippen LogP contribution in [0.15, 0.2) is 0 Å². The summed E-state index contributed by atoms with van der Waals surface area (Å²) in [5.74, 6) is 5.58. The van der Waals surface area contributed by atoms with E-state index >= 15 is 0 Å². The molecule has 9 heavy (non-hydrogen) atoms. The van der Waals surface area contributed by atoms with Gasteiger partial charge in [0.1, 0.15) is 0 Å². The third-order valence-corrected chi connectivity index (χ3v) is 1.35. The lowest BCUT2D eigenvalue weighted by molar-refractivity contribution is 0.248. The zero-order valence-corrected chi connectivity index (χ0v) is 5.84. The van der Waals surface area contributed by atoms with Crippen molar-refractivity contribution in [3.8, 4) is 0 Å². The van der Waals surface area contributed by atoms with Gasteiger partial charge in [-0.2, -0.15) is 0 Å². The van der Waals surface area contributed by atoms with Gasteiger partial charge in [-0.05, 0) is 6.42 Å². The fourth-order valence-electron chi connectivity index (χ4n) is 0.814. The molecule has 1 fully saturated rings. The third kappa shape index (κ3) is 2.79. The van der Waals surface area contributed by atoms with Gasteiger partial charge >= 0.3 is 0 Å². The lowest BCUT2D eigenvalue weighted by Crippen LogP contribution is -2.35. The number of hydrogen-bond acceptors (Lipinski definition) is 3. The molecule has 0 amide bonds. The highest BCUT2D eigenvalue weighted by atomic mass is 16.6. The van der Waals surface area contributed by atoms with Gasteiger partial charge in [-0.25, -0.2) is 5.01 Å². The van der Waals surface area contributed by atoms with Gasteiger partial charge in [0.2, 0.25) is 0 Å². The Balaban J connectivity index is 1.95. The van der Waals surface area contributed by atoms with E-state index in [9.17, 15) is 0 Å². The maximum absolute atomic E-state index is 5.58. The molecule has 0 aliphatic carbocycles. The molecule has 0 aromatic rings. The second-order valence-corrected chi connectivity index (χ2v) is 2.45. The molecule has 0 radical (unpaired) electrons. The largest absolute Gasteiger partial charge is 0.372 e. The number of nitrogens with two attached hydrogens (primary N) is 1. The van der Waals surface area contributed by atoms with Gasteiger partial charge < -0.3 is 4.74 Å². The van der Waals surface area contributed by atoms with Gasteiger partial charge in [-0.1, -0.05) is 6.92 Å². The van der Waals surface area contributed by atoms with Crippen LogP contribution in [0, 0.1) is 0 Å². The number of rotatable bonds is 4. The first-order valence-electron chi connectivity index (χ1n) is 3.44. The lowest BCUT2D eigenvalue weighted by atomic mass is 10.4. The van der Waals surface area contributed by atoms with Crippen LogP contribution in [0.25, 0.3) is 0 Å². The topological polar surface area (TPSA) is 41.8 Å². The molecule has 0 aromatic carbocycles. The zero-order chi connectivity index (χ0) is 6.69. The molecule has 2 N–H and O–H groups in total. The summed E-state index contributed by atoms with van der Waals surface area (Å²) in [5, 5.41) is 1.82. The van der Waals surface area contributed by atoms with E-state index in [1.807, 2.05) is 5.01 Å². The van der Waals surface area contributed by atoms with Crippen molar-refractivity contribution in [3.05, 3.63) is 0 Å². The Bertz CT molecular complexity index is 83.1. The third-order valence-electron chi connectivity index (χ3n) is 1.35. The van der Waals surface area contributed by atoms with Gasteiger partial charge in [-0.15, -0.1) is 0 Å². The highest BCUT2D eigenvalue weighted by molar-refractivity contribution is 4.71. The van der Waals surface area contributed by atoms with Crippen molar-refractivity contribution in [1.82, 2.24) is 5.01 Å². The Morgan fingerprint density at radius 3 is 2.89 bits per heavy atom. The summed E-state index contributed by atoms with van der Waals surface area (Å²) in [6.07, 6.45) is 1.55. The van der Waals surface area contributed by atoms with E-state index in [0.717, 1.165) is 26.1 Å². The second-order valence-electron chi connectivity index (χ2n) is 2.45. The first kappa shape index (κ1) is 6.99. The zero-order valence-electron chi connectivity index (χ0n) is 5.84. The van der Waals surface area contributed by atoms with E-state index < -0.39 is 0 Å². The lowest BCUT2D eigenvalue weighted by Gasteiger charge is -2.12. The molecule has 0 aromatic heterocycles. The molecule has 1 aliphatic heterocycles. The van der Waals surface area contributed by atoms with Crippen LogP contribution in [0.3, 0.4) is 0 Å². The van der Waals surface area contributed by atoms with Gasteiger partial charge in [0.15, 0.2) is 0 Å². The molecule has 1 aliphatic rings. The Morgan fingerprint density at radius 1 is 1.78 bits per heavy atom. The van der Waals surface area contributed by atoms with Gasteiger partial charge in [0, 0.05) is 13.1 Å². The van der Waals surface area contributed by atoms with Crippen molar-refractivity contribution in [2.45, 2.75) is 19.4 Å². The standard InChI is InChI=1S/C6H14N2O/c1-2-3-8(7)4-6-5-9-6/h6H,2-5,7H2,1H3. The molecule has 1 unspecified atom stereocenters. The monoisotopic (exact) mass is 130 g/mol. The quantitative estimate of drug-likeness (QED) is 0.330. The molecule has 3 heteroatoms.